The summed E-state index contributed by atoms with van der Waals surface area (Å²) < 4.78 is 6.75. The Balaban J connectivity index is 2.04. The van der Waals surface area contributed by atoms with E-state index in [0.29, 0.717) is 24.4 Å². The van der Waals surface area contributed by atoms with E-state index in [4.69, 9.17) is 9.72 Å². The van der Waals surface area contributed by atoms with E-state index in [2.05, 4.69) is 10.4 Å². The van der Waals surface area contributed by atoms with E-state index < -0.39 is 0 Å². The number of nitrogens with zero attached hydrogens (tertiary/aromatic N) is 3. The van der Waals surface area contributed by atoms with Crippen LogP contribution in [0.3, 0.4) is 0 Å². The first kappa shape index (κ1) is 17.1. The summed E-state index contributed by atoms with van der Waals surface area (Å²) in [5.74, 6) is -0.114. The highest BCUT2D eigenvalue weighted by molar-refractivity contribution is 6.07. The van der Waals surface area contributed by atoms with Gasteiger partial charge in [0.2, 0.25) is 0 Å². The van der Waals surface area contributed by atoms with E-state index in [1.807, 2.05) is 50.4 Å². The minimum atomic E-state index is -0.114. The van der Waals surface area contributed by atoms with Crippen LogP contribution in [-0.2, 0) is 11.8 Å². The van der Waals surface area contributed by atoms with Crippen molar-refractivity contribution < 1.29 is 9.53 Å². The van der Waals surface area contributed by atoms with Gasteiger partial charge in [0.1, 0.15) is 0 Å². The molecule has 1 aromatic carbocycles. The average molecular weight is 338 g/mol. The quantitative estimate of drug-likeness (QED) is 0.702. The number of fused-ring (bicyclic) bond motifs is 1. The molecule has 0 aliphatic rings. The molecule has 3 aromatic rings. The lowest BCUT2D eigenvalue weighted by Gasteiger charge is -2.09. The first-order chi connectivity index (χ1) is 12.1. The van der Waals surface area contributed by atoms with Crippen LogP contribution in [-0.4, -0.2) is 40.9 Å². The summed E-state index contributed by atoms with van der Waals surface area (Å²) >= 11 is 0. The fourth-order valence-corrected chi connectivity index (χ4v) is 2.89. The summed E-state index contributed by atoms with van der Waals surface area (Å²) in [6.45, 7) is 3.08. The van der Waals surface area contributed by atoms with Crippen LogP contribution < -0.4 is 5.32 Å². The Morgan fingerprint density at radius 3 is 2.76 bits per heavy atom. The Labute approximate surface area is 146 Å². The maximum Gasteiger partial charge on any atom is 0.252 e. The molecule has 6 nitrogen and oxygen atoms in total. The molecular formula is C19H22N4O2. The summed E-state index contributed by atoms with van der Waals surface area (Å²) in [7, 11) is 3.50. The SMILES string of the molecule is COCCCNC(=O)c1cc(-c2ccccc2)nc2c1c(C)nn2C. The summed E-state index contributed by atoms with van der Waals surface area (Å²) in [6.07, 6.45) is 0.772. The number of methoxy groups -OCH3 is 1. The van der Waals surface area contributed by atoms with Crippen molar-refractivity contribution in [3.8, 4) is 11.3 Å². The standard InChI is InChI=1S/C19H22N4O2/c1-13-17-15(19(24)20-10-7-11-25-3)12-16(14-8-5-4-6-9-14)21-18(17)23(2)22-13/h4-6,8-9,12H,7,10-11H2,1-3H3,(H,20,24). The zero-order valence-corrected chi connectivity index (χ0v) is 14.7. The van der Waals surface area contributed by atoms with Crippen molar-refractivity contribution >= 4 is 16.9 Å². The smallest absolute Gasteiger partial charge is 0.252 e. The van der Waals surface area contributed by atoms with Crippen molar-refractivity contribution in [2.45, 2.75) is 13.3 Å². The average Bonchev–Trinajstić information content (AvgIpc) is 2.93. The molecule has 2 aromatic heterocycles. The maximum absolute atomic E-state index is 12.8. The summed E-state index contributed by atoms with van der Waals surface area (Å²) in [5.41, 5.74) is 3.84. The van der Waals surface area contributed by atoms with Crippen molar-refractivity contribution in [3.05, 3.63) is 47.7 Å². The van der Waals surface area contributed by atoms with Gasteiger partial charge in [0.25, 0.3) is 5.91 Å². The Morgan fingerprint density at radius 1 is 1.28 bits per heavy atom. The number of nitrogens with one attached hydrogen (secondary N) is 1. The van der Waals surface area contributed by atoms with Gasteiger partial charge in [-0.25, -0.2) is 4.98 Å². The number of ether oxygens (including phenoxy) is 1. The lowest BCUT2D eigenvalue weighted by molar-refractivity contribution is 0.0950. The lowest BCUT2D eigenvalue weighted by atomic mass is 10.0. The Bertz CT molecular complexity index is 887. The number of aromatic nitrogens is 3. The van der Waals surface area contributed by atoms with E-state index in [1.165, 1.54) is 0 Å². The van der Waals surface area contributed by atoms with Crippen molar-refractivity contribution in [1.29, 1.82) is 0 Å². The van der Waals surface area contributed by atoms with Gasteiger partial charge < -0.3 is 10.1 Å². The van der Waals surface area contributed by atoms with Crippen LogP contribution in [0.5, 0.6) is 0 Å². The summed E-state index contributed by atoms with van der Waals surface area (Å²) in [6, 6.07) is 11.7. The number of hydrogen-bond acceptors (Lipinski definition) is 4. The topological polar surface area (TPSA) is 69.0 Å². The molecule has 0 fully saturated rings. The molecule has 1 N–H and O–H groups in total. The molecule has 0 aliphatic carbocycles. The maximum atomic E-state index is 12.8. The fourth-order valence-electron chi connectivity index (χ4n) is 2.89. The van der Waals surface area contributed by atoms with Gasteiger partial charge in [0, 0.05) is 32.9 Å². The van der Waals surface area contributed by atoms with Gasteiger partial charge in [0.05, 0.1) is 22.3 Å². The second-order valence-corrected chi connectivity index (χ2v) is 5.93. The van der Waals surface area contributed by atoms with Crippen LogP contribution in [0.4, 0.5) is 0 Å². The molecule has 6 heteroatoms. The van der Waals surface area contributed by atoms with Gasteiger partial charge in [-0.15, -0.1) is 0 Å². The third kappa shape index (κ3) is 3.53. The van der Waals surface area contributed by atoms with Crippen molar-refractivity contribution in [2.75, 3.05) is 20.3 Å². The van der Waals surface area contributed by atoms with Gasteiger partial charge in [-0.1, -0.05) is 30.3 Å². The highest BCUT2D eigenvalue weighted by Crippen LogP contribution is 2.26. The van der Waals surface area contributed by atoms with Gasteiger partial charge in [0.15, 0.2) is 5.65 Å². The third-order valence-electron chi connectivity index (χ3n) is 4.09. The van der Waals surface area contributed by atoms with E-state index in [1.54, 1.807) is 11.8 Å². The van der Waals surface area contributed by atoms with Crippen LogP contribution in [0, 0.1) is 6.92 Å². The molecule has 1 amide bonds. The molecule has 0 saturated carbocycles. The molecule has 0 aliphatic heterocycles. The molecule has 0 atom stereocenters. The van der Waals surface area contributed by atoms with E-state index >= 15 is 0 Å². The monoisotopic (exact) mass is 338 g/mol. The van der Waals surface area contributed by atoms with Crippen LogP contribution in [0.2, 0.25) is 0 Å². The van der Waals surface area contributed by atoms with E-state index in [0.717, 1.165) is 28.8 Å². The molecular weight excluding hydrogens is 316 g/mol. The molecule has 3 rings (SSSR count). The summed E-state index contributed by atoms with van der Waals surface area (Å²) in [5, 5.41) is 8.19. The first-order valence-electron chi connectivity index (χ1n) is 8.28. The predicted octanol–water partition coefficient (Wildman–Crippen LogP) is 2.71. The minimum Gasteiger partial charge on any atom is -0.385 e. The lowest BCUT2D eigenvalue weighted by Crippen LogP contribution is -2.25. The zero-order valence-electron chi connectivity index (χ0n) is 14.7. The van der Waals surface area contributed by atoms with Gasteiger partial charge in [-0.05, 0) is 19.4 Å². The van der Waals surface area contributed by atoms with Crippen molar-refractivity contribution in [1.82, 2.24) is 20.1 Å². The van der Waals surface area contributed by atoms with Gasteiger partial charge in [-0.2, -0.15) is 5.10 Å². The number of carbonyl (C=O) groups is 1. The van der Waals surface area contributed by atoms with Crippen molar-refractivity contribution in [3.63, 3.8) is 0 Å². The van der Waals surface area contributed by atoms with Crippen LogP contribution in [0.15, 0.2) is 36.4 Å². The number of carbonyl (C=O) groups excluding carboxylic acids is 1. The first-order valence-corrected chi connectivity index (χ1v) is 8.28. The molecule has 2 heterocycles. The van der Waals surface area contributed by atoms with Crippen molar-refractivity contribution in [2.24, 2.45) is 7.05 Å². The highest BCUT2D eigenvalue weighted by atomic mass is 16.5. The number of rotatable bonds is 6. The number of aryl methyl sites for hydroxylation is 2. The normalized spacial score (nSPS) is 11.0. The van der Waals surface area contributed by atoms with Gasteiger partial charge >= 0.3 is 0 Å². The number of benzene rings is 1. The van der Waals surface area contributed by atoms with Crippen LogP contribution >= 0.6 is 0 Å². The Morgan fingerprint density at radius 2 is 2.04 bits per heavy atom. The second kappa shape index (κ2) is 7.44. The number of amides is 1. The fraction of sp³-hybridized carbons (Fsp3) is 0.316. The van der Waals surface area contributed by atoms with E-state index in [-0.39, 0.29) is 5.91 Å². The number of hydrogen-bond donors (Lipinski definition) is 1. The zero-order chi connectivity index (χ0) is 17.8. The van der Waals surface area contributed by atoms with E-state index in [9.17, 15) is 4.79 Å². The molecule has 0 radical (unpaired) electrons. The highest BCUT2D eigenvalue weighted by Gasteiger charge is 2.18. The van der Waals surface area contributed by atoms with Crippen LogP contribution in [0.25, 0.3) is 22.3 Å². The molecule has 0 bridgehead atoms. The molecule has 0 saturated heterocycles. The Hall–Kier alpha value is -2.73. The predicted molar refractivity (Wildman–Crippen MR) is 97.5 cm³/mol. The Kier molecular flexibility index (Phi) is 5.09. The minimum absolute atomic E-state index is 0.114. The molecule has 25 heavy (non-hydrogen) atoms. The second-order valence-electron chi connectivity index (χ2n) is 5.93. The molecule has 0 unspecified atom stereocenters. The van der Waals surface area contributed by atoms with Crippen LogP contribution in [0.1, 0.15) is 22.5 Å². The summed E-state index contributed by atoms with van der Waals surface area (Å²) in [4.78, 5) is 17.5. The molecule has 0 spiro atoms. The largest absolute Gasteiger partial charge is 0.385 e. The van der Waals surface area contributed by atoms with Gasteiger partial charge in [-0.3, -0.25) is 9.48 Å². The number of pyridine rings is 1. The third-order valence-corrected chi connectivity index (χ3v) is 4.09. The molecule has 130 valence electrons.